The summed E-state index contributed by atoms with van der Waals surface area (Å²) < 4.78 is 6.05. The summed E-state index contributed by atoms with van der Waals surface area (Å²) in [4.78, 5) is 29.0. The van der Waals surface area contributed by atoms with Crippen LogP contribution in [-0.2, 0) is 12.8 Å². The van der Waals surface area contributed by atoms with E-state index in [-0.39, 0.29) is 18.4 Å². The second-order valence-electron chi connectivity index (χ2n) is 9.51. The van der Waals surface area contributed by atoms with Crippen molar-refractivity contribution >= 4 is 34.3 Å². The topological polar surface area (TPSA) is 103 Å². The third-order valence-corrected chi connectivity index (χ3v) is 7.28. The molecule has 0 fully saturated rings. The van der Waals surface area contributed by atoms with Gasteiger partial charge in [-0.1, -0.05) is 35.9 Å². The second kappa shape index (κ2) is 11.3. The summed E-state index contributed by atoms with van der Waals surface area (Å²) in [6.07, 6.45) is 5.03. The van der Waals surface area contributed by atoms with E-state index in [2.05, 4.69) is 15.6 Å². The van der Waals surface area contributed by atoms with Crippen molar-refractivity contribution in [1.29, 1.82) is 0 Å². The number of hydrogen-bond donors (Lipinski definition) is 4. The van der Waals surface area contributed by atoms with E-state index in [4.69, 9.17) is 16.3 Å². The molecule has 0 unspecified atom stereocenters. The summed E-state index contributed by atoms with van der Waals surface area (Å²) >= 11 is 6.43. The standard InChI is InChI=1S/C30H30ClN3O4/c1-32-29(36)24-10-9-18(15-26(24)31)20-12-19-6-4-5-11-38-28(19)25(14-20)30(37)34-22(17-35)13-21-16-33-27-8-3-2-7-23(21)27/h2-3,7-10,12,14-16,22,33,35H,4-6,11,13,17H2,1H3,(H,32,36)(H,34,37)/t22-/m1/s1. The molecule has 2 amide bonds. The fourth-order valence-electron chi connectivity index (χ4n) is 4.98. The number of H-pyrrole nitrogens is 1. The first-order valence-electron chi connectivity index (χ1n) is 12.8. The lowest BCUT2D eigenvalue weighted by Crippen LogP contribution is -2.39. The van der Waals surface area contributed by atoms with Gasteiger partial charge >= 0.3 is 0 Å². The van der Waals surface area contributed by atoms with Crippen LogP contribution in [0.5, 0.6) is 5.75 Å². The van der Waals surface area contributed by atoms with Crippen LogP contribution in [-0.4, -0.2) is 48.2 Å². The van der Waals surface area contributed by atoms with Crippen LogP contribution in [0.1, 0.15) is 44.7 Å². The van der Waals surface area contributed by atoms with Gasteiger partial charge in [0.05, 0.1) is 35.4 Å². The lowest BCUT2D eigenvalue weighted by molar-refractivity contribution is 0.0911. The molecule has 4 N–H and O–H groups in total. The molecule has 1 aliphatic heterocycles. The summed E-state index contributed by atoms with van der Waals surface area (Å²) in [6.45, 7) is 0.336. The van der Waals surface area contributed by atoms with E-state index in [0.717, 1.165) is 52.4 Å². The van der Waals surface area contributed by atoms with Gasteiger partial charge in [-0.3, -0.25) is 9.59 Å². The van der Waals surface area contributed by atoms with Crippen LogP contribution in [0.2, 0.25) is 5.02 Å². The maximum absolute atomic E-state index is 13.6. The minimum atomic E-state index is -0.479. The van der Waals surface area contributed by atoms with E-state index in [1.165, 1.54) is 0 Å². The fourth-order valence-corrected chi connectivity index (χ4v) is 5.24. The maximum atomic E-state index is 13.6. The number of amides is 2. The van der Waals surface area contributed by atoms with Crippen molar-refractivity contribution in [2.45, 2.75) is 31.7 Å². The van der Waals surface area contributed by atoms with Gasteiger partial charge in [-0.15, -0.1) is 0 Å². The highest BCUT2D eigenvalue weighted by atomic mass is 35.5. The molecule has 0 spiro atoms. The molecular weight excluding hydrogens is 502 g/mol. The van der Waals surface area contributed by atoms with Crippen molar-refractivity contribution in [1.82, 2.24) is 15.6 Å². The summed E-state index contributed by atoms with van der Waals surface area (Å²) in [5, 5.41) is 17.1. The zero-order valence-corrected chi connectivity index (χ0v) is 21.9. The first-order valence-corrected chi connectivity index (χ1v) is 13.1. The molecular formula is C30H30ClN3O4. The number of halogens is 1. The van der Waals surface area contributed by atoms with E-state index in [0.29, 0.717) is 34.9 Å². The molecule has 0 aliphatic carbocycles. The molecule has 2 heterocycles. The van der Waals surface area contributed by atoms with Crippen LogP contribution in [0.4, 0.5) is 0 Å². The Morgan fingerprint density at radius 1 is 1.05 bits per heavy atom. The SMILES string of the molecule is CNC(=O)c1ccc(-c2cc3c(c(C(=O)N[C@@H](CO)Cc4c[nH]c5ccccc45)c2)OCCCC3)cc1Cl. The van der Waals surface area contributed by atoms with E-state index in [9.17, 15) is 14.7 Å². The van der Waals surface area contributed by atoms with Crippen LogP contribution < -0.4 is 15.4 Å². The highest BCUT2D eigenvalue weighted by molar-refractivity contribution is 6.34. The number of carbonyl (C=O) groups excluding carboxylic acids is 2. The number of nitrogens with one attached hydrogen (secondary N) is 3. The first kappa shape index (κ1) is 25.8. The molecule has 0 radical (unpaired) electrons. The number of carbonyl (C=O) groups is 2. The van der Waals surface area contributed by atoms with Gasteiger partial charge < -0.3 is 25.5 Å². The van der Waals surface area contributed by atoms with Crippen molar-refractivity contribution in [3.05, 3.63) is 88.1 Å². The maximum Gasteiger partial charge on any atom is 0.255 e. The first-order chi connectivity index (χ1) is 18.5. The number of rotatable bonds is 7. The lowest BCUT2D eigenvalue weighted by Gasteiger charge is -2.20. The van der Waals surface area contributed by atoms with Crippen molar-refractivity contribution in [2.75, 3.05) is 20.3 Å². The molecule has 0 saturated carbocycles. The number of aromatic nitrogens is 1. The zero-order chi connectivity index (χ0) is 26.6. The van der Waals surface area contributed by atoms with E-state index >= 15 is 0 Å². The van der Waals surface area contributed by atoms with Crippen LogP contribution in [0, 0.1) is 0 Å². The lowest BCUT2D eigenvalue weighted by atomic mass is 9.95. The highest BCUT2D eigenvalue weighted by Gasteiger charge is 2.23. The minimum Gasteiger partial charge on any atom is -0.492 e. The van der Waals surface area contributed by atoms with Crippen LogP contribution >= 0.6 is 11.6 Å². The Bertz CT molecular complexity index is 1500. The number of fused-ring (bicyclic) bond motifs is 2. The summed E-state index contributed by atoms with van der Waals surface area (Å²) in [6, 6.07) is 16.5. The van der Waals surface area contributed by atoms with Gasteiger partial charge in [0.15, 0.2) is 0 Å². The molecule has 5 rings (SSSR count). The predicted octanol–water partition coefficient (Wildman–Crippen LogP) is 4.90. The summed E-state index contributed by atoms with van der Waals surface area (Å²) in [5.41, 5.74) is 5.39. The van der Waals surface area contributed by atoms with Gasteiger partial charge in [-0.25, -0.2) is 0 Å². The minimum absolute atomic E-state index is 0.204. The van der Waals surface area contributed by atoms with Gasteiger partial charge in [0.25, 0.3) is 11.8 Å². The zero-order valence-electron chi connectivity index (χ0n) is 21.1. The third kappa shape index (κ3) is 5.26. The Morgan fingerprint density at radius 2 is 1.89 bits per heavy atom. The molecule has 38 heavy (non-hydrogen) atoms. The number of hydrogen-bond acceptors (Lipinski definition) is 4. The molecule has 196 valence electrons. The third-order valence-electron chi connectivity index (χ3n) is 6.97. The smallest absolute Gasteiger partial charge is 0.255 e. The summed E-state index contributed by atoms with van der Waals surface area (Å²) in [5.74, 6) is 0.0137. The molecule has 7 nitrogen and oxygen atoms in total. The van der Waals surface area contributed by atoms with Gasteiger partial charge in [0.2, 0.25) is 0 Å². The number of para-hydroxylation sites is 1. The summed E-state index contributed by atoms with van der Waals surface area (Å²) in [7, 11) is 1.56. The number of aliphatic hydroxyl groups is 1. The van der Waals surface area contributed by atoms with Crippen LogP contribution in [0.15, 0.2) is 60.8 Å². The number of aliphatic hydroxyl groups excluding tert-OH is 1. The van der Waals surface area contributed by atoms with E-state index in [1.54, 1.807) is 25.2 Å². The number of benzene rings is 3. The molecule has 8 heteroatoms. The monoisotopic (exact) mass is 531 g/mol. The highest BCUT2D eigenvalue weighted by Crippen LogP contribution is 2.35. The van der Waals surface area contributed by atoms with E-state index < -0.39 is 6.04 Å². The van der Waals surface area contributed by atoms with Gasteiger partial charge in [-0.05, 0) is 78.3 Å². The van der Waals surface area contributed by atoms with Crippen molar-refractivity contribution in [3.63, 3.8) is 0 Å². The van der Waals surface area contributed by atoms with E-state index in [1.807, 2.05) is 42.6 Å². The Balaban J connectivity index is 1.47. The van der Waals surface area contributed by atoms with Crippen molar-refractivity contribution < 1.29 is 19.4 Å². The average molecular weight is 532 g/mol. The van der Waals surface area contributed by atoms with Crippen LogP contribution in [0.25, 0.3) is 22.0 Å². The number of aryl methyl sites for hydroxylation is 1. The molecule has 4 aromatic rings. The Kier molecular flexibility index (Phi) is 7.67. The van der Waals surface area contributed by atoms with Crippen molar-refractivity contribution in [3.8, 4) is 16.9 Å². The van der Waals surface area contributed by atoms with Gasteiger partial charge in [0.1, 0.15) is 5.75 Å². The van der Waals surface area contributed by atoms with Gasteiger partial charge in [0, 0.05) is 24.1 Å². The number of ether oxygens (including phenoxy) is 1. The predicted molar refractivity (Wildman–Crippen MR) is 149 cm³/mol. The molecule has 3 aromatic carbocycles. The largest absolute Gasteiger partial charge is 0.492 e. The molecule has 1 aliphatic rings. The molecule has 0 bridgehead atoms. The van der Waals surface area contributed by atoms with Crippen molar-refractivity contribution in [2.24, 2.45) is 0 Å². The normalized spacial score (nSPS) is 13.8. The second-order valence-corrected chi connectivity index (χ2v) is 9.92. The Morgan fingerprint density at radius 3 is 2.68 bits per heavy atom. The Labute approximate surface area is 226 Å². The quantitative estimate of drug-likeness (QED) is 0.272. The van der Waals surface area contributed by atoms with Gasteiger partial charge in [-0.2, -0.15) is 0 Å². The van der Waals surface area contributed by atoms with Crippen LogP contribution in [0.3, 0.4) is 0 Å². The Hall–Kier alpha value is -3.81. The number of aromatic amines is 1. The average Bonchev–Trinajstić information content (AvgIpc) is 3.18. The fraction of sp³-hybridized carbons (Fsp3) is 0.267. The molecule has 0 saturated heterocycles. The molecule has 1 aromatic heterocycles. The molecule has 1 atom stereocenters.